The number of rotatable bonds is 7. The molecule has 0 fully saturated rings. The third kappa shape index (κ3) is 6.10. The number of hydrogen-bond acceptors (Lipinski definition) is 4. The SMILES string of the molecule is CNC(CSCCC(=O)OC)c1ccc(C(C)(C)C)cc1. The summed E-state index contributed by atoms with van der Waals surface area (Å²) in [5.74, 6) is 1.60. The van der Waals surface area contributed by atoms with Crippen LogP contribution in [0.15, 0.2) is 24.3 Å². The highest BCUT2D eigenvalue weighted by Crippen LogP contribution is 2.25. The first-order valence-electron chi connectivity index (χ1n) is 7.30. The van der Waals surface area contributed by atoms with E-state index in [-0.39, 0.29) is 11.4 Å². The van der Waals surface area contributed by atoms with Crippen molar-refractivity contribution in [2.45, 2.75) is 38.6 Å². The summed E-state index contributed by atoms with van der Waals surface area (Å²) in [5.41, 5.74) is 2.82. The molecule has 3 nitrogen and oxygen atoms in total. The van der Waals surface area contributed by atoms with E-state index in [2.05, 4.69) is 55.1 Å². The normalized spacial score (nSPS) is 13.0. The lowest BCUT2D eigenvalue weighted by Gasteiger charge is -2.21. The minimum atomic E-state index is -0.141. The largest absolute Gasteiger partial charge is 0.469 e. The number of esters is 1. The highest BCUT2D eigenvalue weighted by atomic mass is 32.2. The van der Waals surface area contributed by atoms with Crippen LogP contribution in [0.3, 0.4) is 0 Å². The van der Waals surface area contributed by atoms with Gasteiger partial charge in [-0.05, 0) is 23.6 Å². The van der Waals surface area contributed by atoms with Crippen LogP contribution in [0.25, 0.3) is 0 Å². The maximum absolute atomic E-state index is 11.1. The molecule has 0 saturated heterocycles. The van der Waals surface area contributed by atoms with Gasteiger partial charge in [0.2, 0.25) is 0 Å². The van der Waals surface area contributed by atoms with Crippen molar-refractivity contribution in [2.75, 3.05) is 25.7 Å². The van der Waals surface area contributed by atoms with E-state index in [1.807, 2.05) is 7.05 Å². The van der Waals surface area contributed by atoms with Crippen LogP contribution < -0.4 is 5.32 Å². The number of carbonyl (C=O) groups excluding carboxylic acids is 1. The number of carbonyl (C=O) groups is 1. The summed E-state index contributed by atoms with van der Waals surface area (Å²) in [5, 5.41) is 3.34. The van der Waals surface area contributed by atoms with Crippen molar-refractivity contribution in [3.05, 3.63) is 35.4 Å². The average Bonchev–Trinajstić information content (AvgIpc) is 2.46. The molecule has 0 aromatic heterocycles. The monoisotopic (exact) mass is 309 g/mol. The van der Waals surface area contributed by atoms with Crippen molar-refractivity contribution in [3.8, 4) is 0 Å². The molecule has 0 aliphatic rings. The molecule has 0 saturated carbocycles. The molecule has 1 unspecified atom stereocenters. The zero-order valence-corrected chi connectivity index (χ0v) is 14.5. The van der Waals surface area contributed by atoms with E-state index < -0.39 is 0 Å². The highest BCUT2D eigenvalue weighted by molar-refractivity contribution is 7.99. The van der Waals surface area contributed by atoms with E-state index in [1.54, 1.807) is 11.8 Å². The van der Waals surface area contributed by atoms with E-state index in [0.717, 1.165) is 11.5 Å². The van der Waals surface area contributed by atoms with E-state index >= 15 is 0 Å². The third-order valence-corrected chi connectivity index (χ3v) is 4.55. The molecule has 0 amide bonds. The highest BCUT2D eigenvalue weighted by Gasteiger charge is 2.15. The Kier molecular flexibility index (Phi) is 7.26. The maximum atomic E-state index is 11.1. The Morgan fingerprint density at radius 3 is 2.38 bits per heavy atom. The Morgan fingerprint density at radius 1 is 1.29 bits per heavy atom. The first kappa shape index (κ1) is 18.1. The van der Waals surface area contributed by atoms with Crippen molar-refractivity contribution in [1.82, 2.24) is 5.32 Å². The molecule has 0 bridgehead atoms. The van der Waals surface area contributed by atoms with E-state index in [4.69, 9.17) is 0 Å². The molecule has 0 radical (unpaired) electrons. The Balaban J connectivity index is 2.54. The summed E-state index contributed by atoms with van der Waals surface area (Å²) in [7, 11) is 3.41. The molecule has 21 heavy (non-hydrogen) atoms. The zero-order chi connectivity index (χ0) is 15.9. The summed E-state index contributed by atoms with van der Waals surface area (Å²) in [6, 6.07) is 9.12. The fourth-order valence-corrected chi connectivity index (χ4v) is 3.09. The molecular weight excluding hydrogens is 282 g/mol. The van der Waals surface area contributed by atoms with Gasteiger partial charge in [-0.3, -0.25) is 4.79 Å². The van der Waals surface area contributed by atoms with Crippen LogP contribution in [-0.2, 0) is 14.9 Å². The van der Waals surface area contributed by atoms with Crippen LogP contribution in [0.2, 0.25) is 0 Å². The summed E-state index contributed by atoms with van der Waals surface area (Å²) in [6.45, 7) is 6.67. The average molecular weight is 309 g/mol. The van der Waals surface area contributed by atoms with Crippen LogP contribution in [-0.4, -0.2) is 31.6 Å². The molecule has 1 N–H and O–H groups in total. The first-order chi connectivity index (χ1) is 9.88. The van der Waals surface area contributed by atoms with Gasteiger partial charge in [0.25, 0.3) is 0 Å². The van der Waals surface area contributed by atoms with Crippen molar-refractivity contribution in [1.29, 1.82) is 0 Å². The first-order valence-corrected chi connectivity index (χ1v) is 8.46. The number of ether oxygens (including phenoxy) is 1. The third-order valence-electron chi connectivity index (χ3n) is 3.49. The van der Waals surface area contributed by atoms with Gasteiger partial charge >= 0.3 is 5.97 Å². The molecule has 1 aromatic carbocycles. The second-order valence-corrected chi connectivity index (χ2v) is 7.26. The topological polar surface area (TPSA) is 38.3 Å². The molecule has 0 heterocycles. The number of hydrogen-bond donors (Lipinski definition) is 1. The van der Waals surface area contributed by atoms with Crippen molar-refractivity contribution >= 4 is 17.7 Å². The molecule has 0 spiro atoms. The predicted molar refractivity (Wildman–Crippen MR) is 90.9 cm³/mol. The predicted octanol–water partition coefficient (Wildman–Crippen LogP) is 3.54. The lowest BCUT2D eigenvalue weighted by molar-refractivity contribution is -0.140. The minimum Gasteiger partial charge on any atom is -0.469 e. The summed E-state index contributed by atoms with van der Waals surface area (Å²) >= 11 is 1.77. The smallest absolute Gasteiger partial charge is 0.306 e. The molecule has 118 valence electrons. The number of nitrogens with one attached hydrogen (secondary N) is 1. The van der Waals surface area contributed by atoms with E-state index in [1.165, 1.54) is 18.2 Å². The van der Waals surface area contributed by atoms with E-state index in [0.29, 0.717) is 12.5 Å². The fourth-order valence-electron chi connectivity index (χ4n) is 2.02. The van der Waals surface area contributed by atoms with Crippen LogP contribution in [0.5, 0.6) is 0 Å². The molecular formula is C17H27NO2S. The second kappa shape index (κ2) is 8.44. The summed E-state index contributed by atoms with van der Waals surface area (Å²) in [4.78, 5) is 11.1. The fraction of sp³-hybridized carbons (Fsp3) is 0.588. The lowest BCUT2D eigenvalue weighted by Crippen LogP contribution is -2.19. The Hall–Kier alpha value is -1.00. The molecule has 1 aromatic rings. The van der Waals surface area contributed by atoms with Crippen LogP contribution in [0, 0.1) is 0 Å². The quantitative estimate of drug-likeness (QED) is 0.617. The Labute approximate surface area is 132 Å². The van der Waals surface area contributed by atoms with Gasteiger partial charge in [0.05, 0.1) is 13.5 Å². The number of benzene rings is 1. The standard InChI is InChI=1S/C17H27NO2S/c1-17(2,3)14-8-6-13(7-9-14)15(18-4)12-21-11-10-16(19)20-5/h6-9,15,18H,10-12H2,1-5H3. The second-order valence-electron chi connectivity index (χ2n) is 6.11. The summed E-state index contributed by atoms with van der Waals surface area (Å²) in [6.07, 6.45) is 0.473. The lowest BCUT2D eigenvalue weighted by atomic mass is 9.86. The van der Waals surface area contributed by atoms with Gasteiger partial charge in [0.15, 0.2) is 0 Å². The molecule has 0 aliphatic carbocycles. The van der Waals surface area contributed by atoms with Gasteiger partial charge in [0.1, 0.15) is 0 Å². The Bertz CT molecular complexity index is 437. The van der Waals surface area contributed by atoms with Gasteiger partial charge < -0.3 is 10.1 Å². The van der Waals surface area contributed by atoms with E-state index in [9.17, 15) is 4.79 Å². The molecule has 0 aliphatic heterocycles. The van der Waals surface area contributed by atoms with Gasteiger partial charge in [-0.25, -0.2) is 0 Å². The molecule has 1 atom stereocenters. The van der Waals surface area contributed by atoms with Crippen molar-refractivity contribution in [2.24, 2.45) is 0 Å². The zero-order valence-electron chi connectivity index (χ0n) is 13.7. The maximum Gasteiger partial charge on any atom is 0.306 e. The minimum absolute atomic E-state index is 0.141. The molecule has 1 rings (SSSR count). The van der Waals surface area contributed by atoms with Crippen molar-refractivity contribution < 1.29 is 9.53 Å². The molecule has 4 heteroatoms. The van der Waals surface area contributed by atoms with Gasteiger partial charge in [-0.1, -0.05) is 45.0 Å². The number of thioether (sulfide) groups is 1. The van der Waals surface area contributed by atoms with Gasteiger partial charge in [-0.2, -0.15) is 11.8 Å². The van der Waals surface area contributed by atoms with Crippen LogP contribution in [0.1, 0.15) is 44.4 Å². The van der Waals surface area contributed by atoms with Crippen LogP contribution in [0.4, 0.5) is 0 Å². The number of methoxy groups -OCH3 is 1. The van der Waals surface area contributed by atoms with Crippen molar-refractivity contribution in [3.63, 3.8) is 0 Å². The van der Waals surface area contributed by atoms with Gasteiger partial charge in [0, 0.05) is 17.5 Å². The Morgan fingerprint density at radius 2 is 1.90 bits per heavy atom. The van der Waals surface area contributed by atoms with Gasteiger partial charge in [-0.15, -0.1) is 0 Å². The van der Waals surface area contributed by atoms with Crippen LogP contribution >= 0.6 is 11.8 Å². The summed E-state index contributed by atoms with van der Waals surface area (Å²) < 4.78 is 4.65.